The van der Waals surface area contributed by atoms with Gasteiger partial charge in [0.05, 0.1) is 5.69 Å². The quantitative estimate of drug-likeness (QED) is 0.228. The number of nitrogens with zero attached hydrogens (tertiary/aromatic N) is 1. The number of benzene rings is 3. The van der Waals surface area contributed by atoms with Crippen LogP contribution >= 0.6 is 0 Å². The van der Waals surface area contributed by atoms with E-state index in [0.717, 1.165) is 36.8 Å². The van der Waals surface area contributed by atoms with E-state index in [1.165, 1.54) is 17.5 Å². The highest BCUT2D eigenvalue weighted by molar-refractivity contribution is 6.05. The van der Waals surface area contributed by atoms with Crippen LogP contribution in [-0.2, 0) is 12.8 Å². The second-order valence-corrected chi connectivity index (χ2v) is 8.17. The Labute approximate surface area is 195 Å². The van der Waals surface area contributed by atoms with Crippen LogP contribution in [0.2, 0.25) is 0 Å². The number of hydrogen-bond donors (Lipinski definition) is 2. The lowest BCUT2D eigenvalue weighted by Crippen LogP contribution is -2.12. The minimum atomic E-state index is -0.237. The molecule has 0 radical (unpaired) electrons. The van der Waals surface area contributed by atoms with Gasteiger partial charge in [-0.05, 0) is 84.3 Å². The normalized spacial score (nSPS) is 10.7. The van der Waals surface area contributed by atoms with E-state index in [1.54, 1.807) is 12.1 Å². The number of amides is 1. The molecule has 0 saturated carbocycles. The monoisotopic (exact) mass is 436 g/mol. The van der Waals surface area contributed by atoms with Crippen molar-refractivity contribution in [3.63, 3.8) is 0 Å². The zero-order valence-electron chi connectivity index (χ0n) is 18.6. The summed E-state index contributed by atoms with van der Waals surface area (Å²) in [5.74, 6) is -0.189. The van der Waals surface area contributed by atoms with E-state index in [-0.39, 0.29) is 11.7 Å². The van der Waals surface area contributed by atoms with E-state index in [1.807, 2.05) is 73.1 Å². The molecule has 2 N–H and O–H groups in total. The molecule has 4 rings (SSSR count). The number of phenols is 1. The Hall–Kier alpha value is -3.92. The lowest BCUT2D eigenvalue weighted by Gasteiger charge is -2.10. The number of hydrogen-bond acceptors (Lipinski definition) is 3. The molecule has 0 spiro atoms. The van der Waals surface area contributed by atoms with Crippen LogP contribution in [0.15, 0.2) is 97.3 Å². The molecule has 33 heavy (non-hydrogen) atoms. The molecule has 4 aromatic rings. The van der Waals surface area contributed by atoms with Crippen molar-refractivity contribution in [1.82, 2.24) is 4.98 Å². The van der Waals surface area contributed by atoms with Gasteiger partial charge in [-0.1, -0.05) is 55.0 Å². The summed E-state index contributed by atoms with van der Waals surface area (Å²) in [6.07, 6.45) is 9.22. The number of rotatable bonds is 9. The third-order valence-corrected chi connectivity index (χ3v) is 5.75. The molecule has 0 fully saturated rings. The minimum Gasteiger partial charge on any atom is -0.506 e. The van der Waals surface area contributed by atoms with E-state index < -0.39 is 0 Å². The van der Waals surface area contributed by atoms with Crippen LogP contribution in [0.5, 0.6) is 5.75 Å². The summed E-state index contributed by atoms with van der Waals surface area (Å²) in [6, 6.07) is 27.0. The molecule has 0 unspecified atom stereocenters. The van der Waals surface area contributed by atoms with Gasteiger partial charge in [0, 0.05) is 18.0 Å². The molecular weight excluding hydrogens is 408 g/mol. The first kappa shape index (κ1) is 22.3. The van der Waals surface area contributed by atoms with Crippen molar-refractivity contribution in [2.75, 3.05) is 5.32 Å². The van der Waals surface area contributed by atoms with Gasteiger partial charge in [-0.2, -0.15) is 0 Å². The summed E-state index contributed by atoms with van der Waals surface area (Å²) in [5.41, 5.74) is 5.49. The van der Waals surface area contributed by atoms with E-state index in [4.69, 9.17) is 0 Å². The zero-order chi connectivity index (χ0) is 22.9. The van der Waals surface area contributed by atoms with Crippen molar-refractivity contribution in [2.24, 2.45) is 0 Å². The molecule has 1 amide bonds. The number of aryl methyl sites for hydroxylation is 2. The summed E-state index contributed by atoms with van der Waals surface area (Å²) < 4.78 is 0. The first-order chi connectivity index (χ1) is 16.2. The molecule has 3 aromatic carbocycles. The molecule has 0 atom stereocenters. The van der Waals surface area contributed by atoms with E-state index in [0.29, 0.717) is 11.3 Å². The average molecular weight is 437 g/mol. The van der Waals surface area contributed by atoms with Crippen LogP contribution in [0.1, 0.15) is 40.7 Å². The standard InChI is InChI=1S/C29H28N2O2/c32-28-16-15-26(24-9-5-2-6-10-24)21-27(28)31-29(33)25-13-11-22(12-14-25)7-3-1-4-8-23-17-19-30-20-18-23/h2,5-6,9-21,32H,1,3-4,7-8H2,(H,31,33). The predicted octanol–water partition coefficient (Wildman–Crippen LogP) is 6.66. The van der Waals surface area contributed by atoms with Crippen LogP contribution in [0, 0.1) is 0 Å². The number of carbonyl (C=O) groups is 1. The summed E-state index contributed by atoms with van der Waals surface area (Å²) in [4.78, 5) is 16.8. The van der Waals surface area contributed by atoms with Crippen molar-refractivity contribution in [2.45, 2.75) is 32.1 Å². The number of phenolic OH excluding ortho intramolecular Hbond substituents is 1. The maximum atomic E-state index is 12.7. The van der Waals surface area contributed by atoms with Crippen LogP contribution in [-0.4, -0.2) is 16.0 Å². The van der Waals surface area contributed by atoms with Crippen molar-refractivity contribution < 1.29 is 9.90 Å². The highest BCUT2D eigenvalue weighted by Crippen LogP contribution is 2.30. The Kier molecular flexibility index (Phi) is 7.49. The summed E-state index contributed by atoms with van der Waals surface area (Å²) >= 11 is 0. The second kappa shape index (κ2) is 11.1. The molecule has 0 saturated heterocycles. The Morgan fingerprint density at radius 1 is 0.727 bits per heavy atom. The molecule has 166 valence electrons. The molecular formula is C29H28N2O2. The first-order valence-corrected chi connectivity index (χ1v) is 11.4. The zero-order valence-corrected chi connectivity index (χ0v) is 18.6. The maximum absolute atomic E-state index is 12.7. The number of carbonyl (C=O) groups excluding carboxylic acids is 1. The van der Waals surface area contributed by atoms with Gasteiger partial charge in [-0.15, -0.1) is 0 Å². The topological polar surface area (TPSA) is 62.2 Å². The van der Waals surface area contributed by atoms with E-state index in [2.05, 4.69) is 22.4 Å². The van der Waals surface area contributed by atoms with Crippen LogP contribution in [0.4, 0.5) is 5.69 Å². The number of nitrogens with one attached hydrogen (secondary N) is 1. The highest BCUT2D eigenvalue weighted by atomic mass is 16.3. The van der Waals surface area contributed by atoms with Crippen molar-refractivity contribution in [3.8, 4) is 16.9 Å². The number of aromatic nitrogens is 1. The molecule has 4 nitrogen and oxygen atoms in total. The molecule has 0 aliphatic heterocycles. The summed E-state index contributed by atoms with van der Waals surface area (Å²) in [6.45, 7) is 0. The van der Waals surface area contributed by atoms with Gasteiger partial charge in [-0.3, -0.25) is 9.78 Å². The Morgan fingerprint density at radius 2 is 1.39 bits per heavy atom. The molecule has 4 heteroatoms. The van der Waals surface area contributed by atoms with E-state index >= 15 is 0 Å². The van der Waals surface area contributed by atoms with Crippen LogP contribution < -0.4 is 5.32 Å². The smallest absolute Gasteiger partial charge is 0.255 e. The number of aromatic hydroxyl groups is 1. The molecule has 1 heterocycles. The van der Waals surface area contributed by atoms with Gasteiger partial charge in [0.2, 0.25) is 0 Å². The summed E-state index contributed by atoms with van der Waals surface area (Å²) in [7, 11) is 0. The number of anilines is 1. The fraction of sp³-hybridized carbons (Fsp3) is 0.172. The Morgan fingerprint density at radius 3 is 2.09 bits per heavy atom. The van der Waals surface area contributed by atoms with Gasteiger partial charge >= 0.3 is 0 Å². The molecule has 1 aromatic heterocycles. The molecule has 0 aliphatic carbocycles. The lowest BCUT2D eigenvalue weighted by molar-refractivity contribution is 0.102. The number of pyridine rings is 1. The van der Waals surface area contributed by atoms with Gasteiger partial charge in [-0.25, -0.2) is 0 Å². The number of unbranched alkanes of at least 4 members (excludes halogenated alkanes) is 2. The highest BCUT2D eigenvalue weighted by Gasteiger charge is 2.10. The van der Waals surface area contributed by atoms with Gasteiger partial charge in [0.25, 0.3) is 5.91 Å². The SMILES string of the molecule is O=C(Nc1cc(-c2ccccc2)ccc1O)c1ccc(CCCCCc2ccncc2)cc1. The fourth-order valence-electron chi connectivity index (χ4n) is 3.85. The summed E-state index contributed by atoms with van der Waals surface area (Å²) in [5, 5.41) is 13.1. The third-order valence-electron chi connectivity index (χ3n) is 5.75. The first-order valence-electron chi connectivity index (χ1n) is 11.4. The van der Waals surface area contributed by atoms with Crippen LogP contribution in [0.25, 0.3) is 11.1 Å². The van der Waals surface area contributed by atoms with E-state index in [9.17, 15) is 9.90 Å². The average Bonchev–Trinajstić information content (AvgIpc) is 2.86. The van der Waals surface area contributed by atoms with Crippen molar-refractivity contribution >= 4 is 11.6 Å². The third kappa shape index (κ3) is 6.30. The molecule has 0 bridgehead atoms. The molecule has 0 aliphatic rings. The maximum Gasteiger partial charge on any atom is 0.255 e. The van der Waals surface area contributed by atoms with Gasteiger partial charge in [0.1, 0.15) is 5.75 Å². The van der Waals surface area contributed by atoms with Gasteiger partial charge in [0.15, 0.2) is 0 Å². The Balaban J connectivity index is 1.29. The fourth-order valence-corrected chi connectivity index (χ4v) is 3.85. The largest absolute Gasteiger partial charge is 0.506 e. The minimum absolute atomic E-state index is 0.0476. The Bertz CT molecular complexity index is 1170. The van der Waals surface area contributed by atoms with Crippen LogP contribution in [0.3, 0.4) is 0 Å². The van der Waals surface area contributed by atoms with Crippen molar-refractivity contribution in [1.29, 1.82) is 0 Å². The lowest BCUT2D eigenvalue weighted by atomic mass is 10.0. The predicted molar refractivity (Wildman–Crippen MR) is 133 cm³/mol. The van der Waals surface area contributed by atoms with Gasteiger partial charge < -0.3 is 10.4 Å². The second-order valence-electron chi connectivity index (χ2n) is 8.17. The van der Waals surface area contributed by atoms with Crippen molar-refractivity contribution in [3.05, 3.63) is 114 Å².